The Labute approximate surface area is 771 Å². The number of nitrogens with one attached hydrogen (secondary N) is 3. The number of pyridine rings is 3. The number of rotatable bonds is 44. The van der Waals surface area contributed by atoms with Crippen molar-refractivity contribution in [2.24, 2.45) is 5.41 Å². The fourth-order valence-corrected chi connectivity index (χ4v) is 8.95. The first-order valence-corrected chi connectivity index (χ1v) is 39.9. The van der Waals surface area contributed by atoms with E-state index in [0.717, 1.165) is 82.7 Å². The number of aromatic nitrogens is 3. The zero-order valence-corrected chi connectivity index (χ0v) is 75.8. The number of ether oxygens (including phenoxy) is 13. The van der Waals surface area contributed by atoms with Crippen LogP contribution in [0.25, 0.3) is 0 Å². The van der Waals surface area contributed by atoms with E-state index in [-0.39, 0.29) is 107 Å². The van der Waals surface area contributed by atoms with Gasteiger partial charge in [-0.1, -0.05) is 88.1 Å². The van der Waals surface area contributed by atoms with Gasteiger partial charge in [0.15, 0.2) is 23.9 Å². The fraction of sp³-hybridized carbons (Fsp3) is 0.542. The molecule has 0 bridgehead atoms. The second-order valence-corrected chi connectivity index (χ2v) is 27.0. The summed E-state index contributed by atoms with van der Waals surface area (Å²) in [6, 6.07) is 22.3. The molecule has 3 aromatic heterocycles. The molecule has 1 aliphatic carbocycles. The zero-order valence-electron chi connectivity index (χ0n) is 75.8. The number of imide groups is 1. The first-order chi connectivity index (χ1) is 63.4. The maximum absolute atomic E-state index is 11.9. The van der Waals surface area contributed by atoms with E-state index in [0.29, 0.717) is 18.6 Å². The van der Waals surface area contributed by atoms with Gasteiger partial charge in [0.2, 0.25) is 0 Å². The summed E-state index contributed by atoms with van der Waals surface area (Å²) in [7, 11) is 7.70. The van der Waals surface area contributed by atoms with E-state index >= 15 is 0 Å². The van der Waals surface area contributed by atoms with E-state index in [1.807, 2.05) is 13.0 Å². The van der Waals surface area contributed by atoms with Crippen LogP contribution in [0.15, 0.2) is 97.3 Å². The van der Waals surface area contributed by atoms with Crippen molar-refractivity contribution in [3.8, 4) is 0 Å². The molecule has 0 radical (unpaired) electrons. The Kier molecular flexibility index (Phi) is 76.0. The highest BCUT2D eigenvalue weighted by Crippen LogP contribution is 2.30. The van der Waals surface area contributed by atoms with Gasteiger partial charge in [-0.05, 0) is 108 Å². The predicted molar refractivity (Wildman–Crippen MR) is 453 cm³/mol. The topological polar surface area (TPSA) is 728 Å². The van der Waals surface area contributed by atoms with E-state index in [1.165, 1.54) is 92.9 Å². The first kappa shape index (κ1) is 131. The van der Waals surface area contributed by atoms with Crippen LogP contribution in [0.3, 0.4) is 0 Å². The molecule has 48 nitrogen and oxygen atoms in total. The summed E-state index contributed by atoms with van der Waals surface area (Å²) < 4.78 is 108. The summed E-state index contributed by atoms with van der Waals surface area (Å²) in [6.45, 7) is 7.34. The smallest absolute Gasteiger partial charge is 0.480 e. The molecule has 4 heterocycles. The highest BCUT2D eigenvalue weighted by molar-refractivity contribution is 6.08. The monoisotopic (exact) mass is 1950 g/mol. The molecule has 52 heteroatoms. The van der Waals surface area contributed by atoms with Crippen molar-refractivity contribution in [3.63, 3.8) is 0 Å². The molecular formula is C83H120F4N6O42. The number of carboxylic acids is 12. The van der Waals surface area contributed by atoms with Crippen LogP contribution in [-0.4, -0.2) is 349 Å². The van der Waals surface area contributed by atoms with Crippen LogP contribution in [0.5, 0.6) is 0 Å². The molecule has 6 unspecified atom stereocenters. The SMILES string of the molecule is CCCCC(CC)(COCC(=O)O)COCC(=O)O.CNC(=O)c1cccc(C(=O)NC(F)(F)F)n1.COC(=O)CCOCC(=O)O.COC(C(=O)O)c1ccccc1.COC(C)(C)C(=O)O.COC(C)C(=O)O.COC(F)C(=O)O.O=C(NC(=O)c1ccccn1)c1ccccn1.O=C(O)C1CCCCO1.O=C(O)COC1CCCCC1OCC(=O)O.O=C(O)COCCOCC(=O)O. The Hall–Kier alpha value is -12.9. The molecule has 2 fully saturated rings. The molecule has 1 saturated heterocycles. The minimum atomic E-state index is -4.83. The number of methoxy groups -OCH3 is 5. The van der Waals surface area contributed by atoms with Crippen molar-refractivity contribution in [2.75, 3.05) is 128 Å². The Balaban J connectivity index is -0.000000465. The lowest BCUT2D eigenvalue weighted by molar-refractivity contribution is -0.159. The second kappa shape index (κ2) is 78.6. The van der Waals surface area contributed by atoms with Gasteiger partial charge in [0.25, 0.3) is 30.0 Å². The summed E-state index contributed by atoms with van der Waals surface area (Å²) >= 11 is 0. The molecule has 15 N–H and O–H groups in total. The third kappa shape index (κ3) is 74.3. The van der Waals surface area contributed by atoms with Gasteiger partial charge in [0.05, 0.1) is 58.8 Å². The van der Waals surface area contributed by atoms with Crippen LogP contribution < -0.4 is 16.0 Å². The molecule has 2 aliphatic rings. The number of hydrogen-bond donors (Lipinski definition) is 15. The first-order valence-electron chi connectivity index (χ1n) is 39.9. The third-order valence-corrected chi connectivity index (χ3v) is 16.2. The van der Waals surface area contributed by atoms with Crippen molar-refractivity contribution in [1.29, 1.82) is 0 Å². The highest BCUT2D eigenvalue weighted by atomic mass is 19.4. The van der Waals surface area contributed by atoms with Gasteiger partial charge in [-0.3, -0.25) is 44.6 Å². The third-order valence-electron chi connectivity index (χ3n) is 16.2. The van der Waals surface area contributed by atoms with Gasteiger partial charge in [-0.25, -0.2) is 66.9 Å². The second-order valence-electron chi connectivity index (χ2n) is 27.0. The predicted octanol–water partition coefficient (Wildman–Crippen LogP) is 5.57. The number of amides is 4. The van der Waals surface area contributed by atoms with Crippen LogP contribution in [0.2, 0.25) is 0 Å². The lowest BCUT2D eigenvalue weighted by atomic mass is 9.82. The van der Waals surface area contributed by atoms with E-state index in [4.69, 9.17) is 89.7 Å². The van der Waals surface area contributed by atoms with E-state index < -0.39 is 157 Å². The Morgan fingerprint density at radius 1 is 0.489 bits per heavy atom. The Bertz CT molecular complexity index is 3970. The number of halogens is 4. The molecule has 762 valence electrons. The molecule has 135 heavy (non-hydrogen) atoms. The summed E-state index contributed by atoms with van der Waals surface area (Å²) in [5, 5.41) is 105. The maximum atomic E-state index is 11.9. The van der Waals surface area contributed by atoms with Crippen molar-refractivity contribution < 1.29 is 222 Å². The normalized spacial score (nSPS) is 13.8. The largest absolute Gasteiger partial charge is 0.484 e. The van der Waals surface area contributed by atoms with E-state index in [1.54, 1.807) is 48.5 Å². The van der Waals surface area contributed by atoms with Crippen LogP contribution in [-0.2, 0) is 124 Å². The summed E-state index contributed by atoms with van der Waals surface area (Å²) in [6.07, 6.45) is 2.97. The number of hydrogen-bond acceptors (Lipinski definition) is 33. The fourth-order valence-electron chi connectivity index (χ4n) is 8.95. The lowest BCUT2D eigenvalue weighted by Gasteiger charge is -2.32. The minimum Gasteiger partial charge on any atom is -0.480 e. The van der Waals surface area contributed by atoms with Crippen molar-refractivity contribution >= 4 is 101 Å². The van der Waals surface area contributed by atoms with E-state index in [2.05, 4.69) is 65.7 Å². The van der Waals surface area contributed by atoms with Crippen molar-refractivity contribution in [2.45, 2.75) is 160 Å². The number of alkyl halides is 4. The molecule has 4 aromatic rings. The summed E-state index contributed by atoms with van der Waals surface area (Å²) in [5.41, 5.74) is -0.923. The minimum absolute atomic E-state index is 0.0823. The highest BCUT2D eigenvalue weighted by Gasteiger charge is 2.33. The van der Waals surface area contributed by atoms with E-state index in [9.17, 15) is 99.1 Å². The Morgan fingerprint density at radius 3 is 1.21 bits per heavy atom. The van der Waals surface area contributed by atoms with Gasteiger partial charge < -0.3 is 128 Å². The van der Waals surface area contributed by atoms with Crippen LogP contribution in [0.1, 0.15) is 165 Å². The van der Waals surface area contributed by atoms with Crippen LogP contribution in [0, 0.1) is 5.41 Å². The molecule has 0 spiro atoms. The van der Waals surface area contributed by atoms with Gasteiger partial charge in [-0.2, -0.15) is 13.2 Å². The van der Waals surface area contributed by atoms with Crippen LogP contribution >= 0.6 is 0 Å². The molecule has 4 amide bonds. The molecule has 6 atom stereocenters. The lowest BCUT2D eigenvalue weighted by Crippen LogP contribution is -2.37. The van der Waals surface area contributed by atoms with Crippen LogP contribution in [0.4, 0.5) is 17.6 Å². The molecule has 6 rings (SSSR count). The number of aliphatic carboxylic acids is 12. The number of carboxylic acid groups (broad SMARTS) is 12. The number of esters is 1. The molecule has 1 aliphatic heterocycles. The quantitative estimate of drug-likeness (QED) is 0.00846. The number of nitrogens with zero attached hydrogens (tertiary/aromatic N) is 3. The molecule has 1 saturated carbocycles. The average Bonchev–Trinajstić information content (AvgIpc) is 0.879. The summed E-state index contributed by atoms with van der Waals surface area (Å²) in [4.78, 5) is 189. The number of unbranched alkanes of at least 4 members (excludes halogenated alkanes) is 1. The van der Waals surface area contributed by atoms with Gasteiger partial charge in [0, 0.05) is 59.9 Å². The number of carbonyl (C=O) groups is 17. The Morgan fingerprint density at radius 2 is 0.911 bits per heavy atom. The maximum Gasteiger partial charge on any atom is 0.484 e. The zero-order chi connectivity index (χ0) is 104. The van der Waals surface area contributed by atoms with Gasteiger partial charge in [0.1, 0.15) is 69.0 Å². The number of benzene rings is 1. The summed E-state index contributed by atoms with van der Waals surface area (Å²) in [5.74, 6) is -16.0. The van der Waals surface area contributed by atoms with Gasteiger partial charge in [-0.15, -0.1) is 0 Å². The molecular weight excluding hydrogens is 1830 g/mol. The van der Waals surface area contributed by atoms with Crippen molar-refractivity contribution in [1.82, 2.24) is 30.9 Å². The number of carbonyl (C=O) groups excluding carboxylic acids is 5. The molecule has 1 aromatic carbocycles. The van der Waals surface area contributed by atoms with Crippen molar-refractivity contribution in [3.05, 3.63) is 126 Å². The van der Waals surface area contributed by atoms with Gasteiger partial charge >= 0.3 is 83.9 Å². The average molecular weight is 1950 g/mol. The standard InChI is InChI=1S/C13H24O6.C12H9N3O2.C10H16O6.C9H8F3N3O2.C9H10O3.C6H10O6.C6H10O5.C6H10O3.C5H10O3.C4H8O3.C3H5FO3/c1-3-5-6-13(4-2,9-18-7-11(14)15)10-19-8-12(16)17;16-11(9-5-1-3-7-13-9)15-12(17)10-6-2-4-8-14-10;11-9(12)5-15-7-3-1-2-4-8(7)16-6-10(13)14;1-13-7(16)5-3-2-4-6(14-5)8(17)15-9(10,11)12;1-12-8(9(10)11)7-5-3-2-4-6-7;7-5(8)3-11-1-2-12-4-6(9)10;1-10-6(9)2-3-11-4-5(7)8;7-6(8)5-3-1-2-4-9-5;1-5(2,8-3)4(6)7;1-3(7-2)4(5)6;1-7-2(4)3(5)6/h3-10H2,1-2H3,(H,14,15)(H,16,17);1-8H,(H,15,16,17);7-8H,1-6H2,(H,11,12)(H,13,14);2-4H,1H3,(H,13,16)(H,15,17);2-6,8H,1H3,(H,10,11);1-4H2,(H,7,8)(H,9,10);2-4H2,1H3,(H,7,8);5H,1-4H2,(H,7,8);1-3H3,(H,6,7);3H,1-2H3,(H,5,6);2H,1H3,(H,5,6).